The zero-order chi connectivity index (χ0) is 17.4. The molecule has 1 atom stereocenters. The second-order valence-electron chi connectivity index (χ2n) is 6.07. The first-order valence-electron chi connectivity index (χ1n) is 8.04. The van der Waals surface area contributed by atoms with Crippen molar-refractivity contribution in [3.63, 3.8) is 0 Å². The topological polar surface area (TPSA) is 52.6 Å². The quantitative estimate of drug-likeness (QED) is 0.428. The molecule has 0 bridgehead atoms. The highest BCUT2D eigenvalue weighted by Gasteiger charge is 2.15. The predicted octanol–water partition coefficient (Wildman–Crippen LogP) is 4.25. The van der Waals surface area contributed by atoms with E-state index in [1.165, 1.54) is 0 Å². The Labute approximate surface area is 138 Å². The van der Waals surface area contributed by atoms with Gasteiger partial charge in [-0.1, -0.05) is 52.8 Å². The molecule has 0 aliphatic rings. The van der Waals surface area contributed by atoms with Crippen LogP contribution in [0.2, 0.25) is 0 Å². The minimum Gasteiger partial charge on any atom is -0.459 e. The van der Waals surface area contributed by atoms with Gasteiger partial charge in [0.15, 0.2) is 0 Å². The summed E-state index contributed by atoms with van der Waals surface area (Å²) in [4.78, 5) is 23.6. The first-order valence-corrected chi connectivity index (χ1v) is 8.04. The number of benzene rings is 1. The summed E-state index contributed by atoms with van der Waals surface area (Å²) in [5, 5.41) is 0. The minimum absolute atomic E-state index is 0.148. The van der Waals surface area contributed by atoms with E-state index in [0.29, 0.717) is 5.75 Å². The summed E-state index contributed by atoms with van der Waals surface area (Å²) in [5.41, 5.74) is 0.947. The Kier molecular flexibility index (Phi) is 7.52. The maximum atomic E-state index is 11.9. The van der Waals surface area contributed by atoms with Gasteiger partial charge >= 0.3 is 11.9 Å². The van der Waals surface area contributed by atoms with E-state index in [0.717, 1.165) is 24.1 Å². The van der Waals surface area contributed by atoms with Crippen LogP contribution >= 0.6 is 0 Å². The fourth-order valence-electron chi connectivity index (χ4n) is 2.21. The molecule has 126 valence electrons. The molecule has 1 rings (SSSR count). The highest BCUT2D eigenvalue weighted by Crippen LogP contribution is 2.25. The van der Waals surface area contributed by atoms with Gasteiger partial charge in [-0.25, -0.2) is 9.59 Å². The molecule has 0 aliphatic carbocycles. The van der Waals surface area contributed by atoms with Gasteiger partial charge in [-0.3, -0.25) is 0 Å². The Hall–Kier alpha value is -2.10. The van der Waals surface area contributed by atoms with Crippen molar-refractivity contribution in [2.24, 2.45) is 5.92 Å². The van der Waals surface area contributed by atoms with E-state index < -0.39 is 11.9 Å². The largest absolute Gasteiger partial charge is 0.459 e. The number of hydrogen-bond donors (Lipinski definition) is 0. The van der Waals surface area contributed by atoms with E-state index in [1.807, 2.05) is 46.8 Å². The second kappa shape index (κ2) is 9.13. The molecule has 0 spiro atoms. The molecule has 0 saturated heterocycles. The van der Waals surface area contributed by atoms with Gasteiger partial charge in [0, 0.05) is 12.2 Å². The van der Waals surface area contributed by atoms with E-state index in [9.17, 15) is 9.59 Å². The monoisotopic (exact) mass is 318 g/mol. The molecule has 0 heterocycles. The number of esters is 2. The molecule has 23 heavy (non-hydrogen) atoms. The third-order valence-corrected chi connectivity index (χ3v) is 3.52. The van der Waals surface area contributed by atoms with Crippen molar-refractivity contribution < 1.29 is 19.1 Å². The fraction of sp³-hybridized carbons (Fsp3) is 0.474. The van der Waals surface area contributed by atoms with Crippen molar-refractivity contribution in [2.45, 2.75) is 53.1 Å². The van der Waals surface area contributed by atoms with Gasteiger partial charge in [-0.15, -0.1) is 0 Å². The third-order valence-electron chi connectivity index (χ3n) is 3.52. The van der Waals surface area contributed by atoms with Crippen LogP contribution in [0.5, 0.6) is 5.75 Å². The second-order valence-corrected chi connectivity index (χ2v) is 6.07. The van der Waals surface area contributed by atoms with Crippen molar-refractivity contribution in [1.82, 2.24) is 0 Å². The van der Waals surface area contributed by atoms with Crippen LogP contribution in [0.3, 0.4) is 0 Å². The van der Waals surface area contributed by atoms with Gasteiger partial charge in [0.25, 0.3) is 0 Å². The summed E-state index contributed by atoms with van der Waals surface area (Å²) in [7, 11) is 0. The van der Waals surface area contributed by atoms with Gasteiger partial charge in [-0.2, -0.15) is 0 Å². The molecular weight excluding hydrogens is 292 g/mol. The lowest BCUT2D eigenvalue weighted by molar-refractivity contribution is -0.145. The summed E-state index contributed by atoms with van der Waals surface area (Å²) in [5.74, 6) is -0.127. The van der Waals surface area contributed by atoms with Crippen LogP contribution in [-0.2, 0) is 14.3 Å². The molecule has 0 fully saturated rings. The maximum Gasteiger partial charge on any atom is 0.336 e. The van der Waals surface area contributed by atoms with Crippen LogP contribution < -0.4 is 4.74 Å². The molecule has 0 saturated carbocycles. The molecule has 1 unspecified atom stereocenters. The third kappa shape index (κ3) is 6.27. The smallest absolute Gasteiger partial charge is 0.336 e. The molecule has 0 aromatic heterocycles. The molecule has 0 N–H and O–H groups in total. The van der Waals surface area contributed by atoms with Gasteiger partial charge in [-0.05, 0) is 29.9 Å². The number of para-hydroxylation sites is 1. The zero-order valence-electron chi connectivity index (χ0n) is 14.5. The van der Waals surface area contributed by atoms with E-state index in [2.05, 4.69) is 0 Å². The van der Waals surface area contributed by atoms with Crippen LogP contribution in [-0.4, -0.2) is 18.0 Å². The molecule has 1 aromatic carbocycles. The summed E-state index contributed by atoms with van der Waals surface area (Å²) >= 11 is 0. The van der Waals surface area contributed by atoms with E-state index in [4.69, 9.17) is 9.47 Å². The lowest BCUT2D eigenvalue weighted by atomic mass is 10.0. The average Bonchev–Trinajstić information content (AvgIpc) is 2.50. The molecule has 0 radical (unpaired) electrons. The average molecular weight is 318 g/mol. The summed E-state index contributed by atoms with van der Waals surface area (Å²) in [6, 6.07) is 7.36. The Morgan fingerprint density at radius 2 is 1.65 bits per heavy atom. The number of ether oxygens (including phenoxy) is 2. The lowest BCUT2D eigenvalue weighted by Gasteiger charge is -2.18. The Morgan fingerprint density at radius 3 is 2.22 bits per heavy atom. The summed E-state index contributed by atoms with van der Waals surface area (Å²) in [6.45, 7) is 9.98. The molecule has 4 heteroatoms. The number of carbonyl (C=O) groups is 2. The van der Waals surface area contributed by atoms with Crippen molar-refractivity contribution in [3.05, 3.63) is 42.0 Å². The van der Waals surface area contributed by atoms with Crippen LogP contribution in [0, 0.1) is 5.92 Å². The van der Waals surface area contributed by atoms with Gasteiger partial charge in [0.1, 0.15) is 11.9 Å². The summed E-state index contributed by atoms with van der Waals surface area (Å²) in [6.07, 6.45) is 2.81. The van der Waals surface area contributed by atoms with Crippen molar-refractivity contribution in [2.75, 3.05) is 0 Å². The van der Waals surface area contributed by atoms with Crippen LogP contribution in [0.4, 0.5) is 0 Å². The molecular formula is C19H26O4. The normalized spacial score (nSPS) is 12.7. The fourth-order valence-corrected chi connectivity index (χ4v) is 2.21. The highest BCUT2D eigenvalue weighted by atomic mass is 16.5. The Bertz CT molecular complexity index is 558. The zero-order valence-corrected chi connectivity index (χ0v) is 14.5. The number of rotatable bonds is 7. The van der Waals surface area contributed by atoms with Gasteiger partial charge in [0.05, 0.1) is 0 Å². The summed E-state index contributed by atoms with van der Waals surface area (Å²) < 4.78 is 10.6. The predicted molar refractivity (Wildman–Crippen MR) is 90.3 cm³/mol. The molecule has 0 amide bonds. The molecule has 4 nitrogen and oxygen atoms in total. The minimum atomic E-state index is -0.590. The Morgan fingerprint density at radius 1 is 1.04 bits per heavy atom. The first kappa shape index (κ1) is 18.9. The highest BCUT2D eigenvalue weighted by molar-refractivity contribution is 5.92. The van der Waals surface area contributed by atoms with E-state index in [1.54, 1.807) is 12.1 Å². The van der Waals surface area contributed by atoms with E-state index >= 15 is 0 Å². The number of carbonyl (C=O) groups excluding carboxylic acids is 2. The van der Waals surface area contributed by atoms with Gasteiger partial charge in [0.2, 0.25) is 0 Å². The standard InChI is InChI=1S/C19H26O4/c1-6-16(14(4)5)22-18(20)11-12-19(21)23-17-10-8-7-9-15(17)13(2)3/h7-14,16H,6H2,1-5H3/b12-11+. The lowest BCUT2D eigenvalue weighted by Crippen LogP contribution is -2.22. The SMILES string of the molecule is CCC(OC(=O)/C=C/C(=O)Oc1ccccc1C(C)C)C(C)C. The molecule has 0 aliphatic heterocycles. The van der Waals surface area contributed by atoms with Gasteiger partial charge < -0.3 is 9.47 Å². The molecule has 1 aromatic rings. The first-order chi connectivity index (χ1) is 10.8. The maximum absolute atomic E-state index is 11.9. The van der Waals surface area contributed by atoms with Crippen molar-refractivity contribution in [1.29, 1.82) is 0 Å². The van der Waals surface area contributed by atoms with Crippen LogP contribution in [0.1, 0.15) is 52.5 Å². The van der Waals surface area contributed by atoms with Crippen LogP contribution in [0.25, 0.3) is 0 Å². The number of hydrogen-bond acceptors (Lipinski definition) is 4. The van der Waals surface area contributed by atoms with Crippen molar-refractivity contribution >= 4 is 11.9 Å². The van der Waals surface area contributed by atoms with E-state index in [-0.39, 0.29) is 17.9 Å². The van der Waals surface area contributed by atoms with Crippen LogP contribution in [0.15, 0.2) is 36.4 Å². The van der Waals surface area contributed by atoms with Crippen molar-refractivity contribution in [3.8, 4) is 5.75 Å². The Balaban J connectivity index is 2.65.